The Kier molecular flexibility index (Phi) is 6.81. The molecule has 36 heavy (non-hydrogen) atoms. The molecule has 2 N–H and O–H groups in total. The average Bonchev–Trinajstić information content (AvgIpc) is 2.73. The monoisotopic (exact) mass is 499 g/mol. The SMILES string of the molecule is Cc1nc2c(NC(=O)COC3CN(C(=O)OC(C)(C)C)C3)cccc2c(=O)n1C1CCC(=O)NC1=O. The fourth-order valence-electron chi connectivity index (χ4n) is 4.12. The van der Waals surface area contributed by atoms with Gasteiger partial charge in [0.1, 0.15) is 29.6 Å². The molecule has 2 aliphatic rings. The van der Waals surface area contributed by atoms with Crippen LogP contribution in [0.2, 0.25) is 0 Å². The molecule has 0 bridgehead atoms. The summed E-state index contributed by atoms with van der Waals surface area (Å²) in [7, 11) is 0. The van der Waals surface area contributed by atoms with Gasteiger partial charge in [0.05, 0.1) is 30.3 Å². The van der Waals surface area contributed by atoms with Crippen molar-refractivity contribution in [3.63, 3.8) is 0 Å². The van der Waals surface area contributed by atoms with Gasteiger partial charge < -0.3 is 19.7 Å². The van der Waals surface area contributed by atoms with Crippen LogP contribution in [0.3, 0.4) is 0 Å². The molecule has 2 aliphatic heterocycles. The summed E-state index contributed by atoms with van der Waals surface area (Å²) in [6, 6.07) is 3.96. The van der Waals surface area contributed by atoms with Gasteiger partial charge in [0.15, 0.2) is 0 Å². The molecule has 1 unspecified atom stereocenters. The van der Waals surface area contributed by atoms with Crippen LogP contribution in [0.4, 0.5) is 10.5 Å². The summed E-state index contributed by atoms with van der Waals surface area (Å²) in [6.07, 6.45) is -0.366. The number of hydrogen-bond acceptors (Lipinski definition) is 8. The van der Waals surface area contributed by atoms with E-state index < -0.39 is 35.1 Å². The maximum absolute atomic E-state index is 13.2. The number of nitrogens with zero attached hydrogens (tertiary/aromatic N) is 3. The van der Waals surface area contributed by atoms with Gasteiger partial charge in [-0.15, -0.1) is 0 Å². The second-order valence-corrected chi connectivity index (χ2v) is 9.87. The predicted molar refractivity (Wildman–Crippen MR) is 128 cm³/mol. The first-order valence-corrected chi connectivity index (χ1v) is 11.7. The number of fused-ring (bicyclic) bond motifs is 1. The smallest absolute Gasteiger partial charge is 0.410 e. The third-order valence-corrected chi connectivity index (χ3v) is 5.85. The van der Waals surface area contributed by atoms with Gasteiger partial charge in [0, 0.05) is 6.42 Å². The number of aryl methyl sites for hydroxylation is 1. The number of ether oxygens (including phenoxy) is 2. The lowest BCUT2D eigenvalue weighted by atomic mass is 10.1. The number of imide groups is 1. The van der Waals surface area contributed by atoms with Crippen molar-refractivity contribution in [1.82, 2.24) is 19.8 Å². The number of nitrogens with one attached hydrogen (secondary N) is 2. The Bertz CT molecular complexity index is 1290. The third kappa shape index (κ3) is 5.38. The number of rotatable bonds is 5. The number of anilines is 1. The highest BCUT2D eigenvalue weighted by Gasteiger charge is 2.35. The Morgan fingerprint density at radius 1 is 1.19 bits per heavy atom. The second kappa shape index (κ2) is 9.69. The number of carbonyl (C=O) groups excluding carboxylic acids is 4. The minimum atomic E-state index is -0.832. The van der Waals surface area contributed by atoms with E-state index in [-0.39, 0.29) is 48.2 Å². The van der Waals surface area contributed by atoms with Gasteiger partial charge >= 0.3 is 6.09 Å². The zero-order chi connectivity index (χ0) is 26.2. The first-order valence-electron chi connectivity index (χ1n) is 11.7. The molecule has 4 rings (SSSR count). The van der Waals surface area contributed by atoms with Crippen molar-refractivity contribution in [2.75, 3.05) is 25.0 Å². The number of piperidine rings is 1. The topological polar surface area (TPSA) is 149 Å². The highest BCUT2D eigenvalue weighted by Crippen LogP contribution is 2.24. The summed E-state index contributed by atoms with van der Waals surface area (Å²) in [5.41, 5.74) is -0.396. The molecule has 2 saturated heterocycles. The molecule has 1 aromatic carbocycles. The number of likely N-dealkylation sites (tertiary alicyclic amines) is 1. The molecule has 12 heteroatoms. The zero-order valence-electron chi connectivity index (χ0n) is 20.6. The van der Waals surface area contributed by atoms with Crippen LogP contribution in [0.25, 0.3) is 10.9 Å². The summed E-state index contributed by atoms with van der Waals surface area (Å²) in [5, 5.41) is 5.20. The molecule has 0 radical (unpaired) electrons. The normalized spacial score (nSPS) is 18.6. The third-order valence-electron chi connectivity index (χ3n) is 5.85. The van der Waals surface area contributed by atoms with E-state index >= 15 is 0 Å². The van der Waals surface area contributed by atoms with Crippen LogP contribution in [0.5, 0.6) is 0 Å². The molecule has 192 valence electrons. The molecular weight excluding hydrogens is 470 g/mol. The summed E-state index contributed by atoms with van der Waals surface area (Å²) >= 11 is 0. The molecule has 2 aromatic rings. The minimum Gasteiger partial charge on any atom is -0.444 e. The Labute approximate surface area is 206 Å². The van der Waals surface area contributed by atoms with Gasteiger partial charge in [-0.2, -0.15) is 0 Å². The number of aromatic nitrogens is 2. The number of amides is 4. The summed E-state index contributed by atoms with van der Waals surface area (Å²) in [4.78, 5) is 67.5. The molecule has 4 amide bonds. The van der Waals surface area contributed by atoms with E-state index in [4.69, 9.17) is 9.47 Å². The molecule has 2 fully saturated rings. The largest absolute Gasteiger partial charge is 0.444 e. The van der Waals surface area contributed by atoms with Crippen molar-refractivity contribution in [1.29, 1.82) is 0 Å². The molecule has 12 nitrogen and oxygen atoms in total. The summed E-state index contributed by atoms with van der Waals surface area (Å²) in [5.74, 6) is -1.06. The van der Waals surface area contributed by atoms with E-state index in [2.05, 4.69) is 15.6 Å². The maximum Gasteiger partial charge on any atom is 0.410 e. The van der Waals surface area contributed by atoms with Crippen molar-refractivity contribution in [3.05, 3.63) is 34.4 Å². The molecule has 1 atom stereocenters. The number of para-hydroxylation sites is 1. The van der Waals surface area contributed by atoms with Crippen molar-refractivity contribution >= 4 is 40.4 Å². The van der Waals surface area contributed by atoms with Crippen LogP contribution in [0, 0.1) is 6.92 Å². The van der Waals surface area contributed by atoms with Crippen LogP contribution < -0.4 is 16.2 Å². The molecular formula is C24H29N5O7. The minimum absolute atomic E-state index is 0.132. The maximum atomic E-state index is 13.2. The van der Waals surface area contributed by atoms with E-state index in [0.717, 1.165) is 0 Å². The van der Waals surface area contributed by atoms with Crippen molar-refractivity contribution in [3.8, 4) is 0 Å². The van der Waals surface area contributed by atoms with Gasteiger partial charge in [-0.05, 0) is 46.2 Å². The van der Waals surface area contributed by atoms with E-state index in [1.54, 1.807) is 45.9 Å². The highest BCUT2D eigenvalue weighted by molar-refractivity contribution is 6.01. The van der Waals surface area contributed by atoms with Crippen LogP contribution >= 0.6 is 0 Å². The van der Waals surface area contributed by atoms with Crippen LogP contribution in [-0.4, -0.2) is 69.7 Å². The van der Waals surface area contributed by atoms with Gasteiger partial charge in [0.25, 0.3) is 5.56 Å². The fourth-order valence-corrected chi connectivity index (χ4v) is 4.12. The van der Waals surface area contributed by atoms with Gasteiger partial charge in [0.2, 0.25) is 17.7 Å². The number of hydrogen-bond donors (Lipinski definition) is 2. The lowest BCUT2D eigenvalue weighted by Gasteiger charge is -2.39. The molecule has 0 spiro atoms. The van der Waals surface area contributed by atoms with E-state index in [9.17, 15) is 24.0 Å². The molecule has 0 aliphatic carbocycles. The van der Waals surface area contributed by atoms with E-state index in [1.807, 2.05) is 0 Å². The van der Waals surface area contributed by atoms with Crippen LogP contribution in [0.15, 0.2) is 23.0 Å². The van der Waals surface area contributed by atoms with Gasteiger partial charge in [-0.3, -0.25) is 29.1 Å². The standard InChI is InChI=1S/C24H29N5O7/c1-13-25-20-15(22(33)29(13)17-8-9-18(30)27-21(17)32)6-5-7-16(20)26-19(31)12-35-14-10-28(11-14)23(34)36-24(2,3)4/h5-7,14,17H,8-12H2,1-4H3,(H,26,31)(H,27,30,32). The average molecular weight is 500 g/mol. The Balaban J connectivity index is 1.41. The van der Waals surface area contributed by atoms with E-state index in [0.29, 0.717) is 18.8 Å². The molecule has 1 aromatic heterocycles. The predicted octanol–water partition coefficient (Wildman–Crippen LogP) is 1.26. The second-order valence-electron chi connectivity index (χ2n) is 9.87. The number of benzene rings is 1. The van der Waals surface area contributed by atoms with Gasteiger partial charge in [-0.25, -0.2) is 9.78 Å². The van der Waals surface area contributed by atoms with Crippen molar-refractivity contribution < 1.29 is 28.7 Å². The van der Waals surface area contributed by atoms with Crippen molar-refractivity contribution in [2.45, 2.75) is 58.3 Å². The lowest BCUT2D eigenvalue weighted by molar-refractivity contribution is -0.136. The van der Waals surface area contributed by atoms with Gasteiger partial charge in [-0.1, -0.05) is 6.07 Å². The quantitative estimate of drug-likeness (QED) is 0.584. The molecule has 3 heterocycles. The van der Waals surface area contributed by atoms with Crippen LogP contribution in [-0.2, 0) is 23.9 Å². The van der Waals surface area contributed by atoms with E-state index in [1.165, 1.54) is 9.47 Å². The summed E-state index contributed by atoms with van der Waals surface area (Å²) < 4.78 is 12.2. The Morgan fingerprint density at radius 2 is 1.92 bits per heavy atom. The highest BCUT2D eigenvalue weighted by atomic mass is 16.6. The zero-order valence-corrected chi connectivity index (χ0v) is 20.6. The number of carbonyl (C=O) groups is 4. The first-order chi connectivity index (χ1) is 16.9. The lowest BCUT2D eigenvalue weighted by Crippen LogP contribution is -2.56. The summed E-state index contributed by atoms with van der Waals surface area (Å²) in [6.45, 7) is 7.38. The fraction of sp³-hybridized carbons (Fsp3) is 0.500. The van der Waals surface area contributed by atoms with Crippen LogP contribution in [0.1, 0.15) is 45.5 Å². The van der Waals surface area contributed by atoms with Crippen molar-refractivity contribution in [2.24, 2.45) is 0 Å². The molecule has 0 saturated carbocycles. The first kappa shape index (κ1) is 25.3. The Hall–Kier alpha value is -3.80. The Morgan fingerprint density at radius 3 is 2.58 bits per heavy atom.